The second-order valence-corrected chi connectivity index (χ2v) is 7.52. The summed E-state index contributed by atoms with van der Waals surface area (Å²) in [6.45, 7) is 4.25. The van der Waals surface area contributed by atoms with Crippen molar-refractivity contribution in [2.45, 2.75) is 26.3 Å². The van der Waals surface area contributed by atoms with Crippen LogP contribution in [-0.2, 0) is 22.6 Å². The molecule has 0 N–H and O–H groups in total. The molecule has 0 saturated carbocycles. The van der Waals surface area contributed by atoms with Crippen molar-refractivity contribution in [1.82, 2.24) is 9.80 Å². The Morgan fingerprint density at radius 1 is 1.07 bits per heavy atom. The Labute approximate surface area is 178 Å². The van der Waals surface area contributed by atoms with Gasteiger partial charge >= 0.3 is 0 Å². The molecule has 0 aliphatic carbocycles. The number of rotatable bonds is 9. The maximum atomic E-state index is 13.0. The van der Waals surface area contributed by atoms with E-state index in [0.717, 1.165) is 11.1 Å². The van der Waals surface area contributed by atoms with E-state index in [9.17, 15) is 9.59 Å². The van der Waals surface area contributed by atoms with Crippen molar-refractivity contribution in [3.63, 3.8) is 0 Å². The Bertz CT molecular complexity index is 869. The van der Waals surface area contributed by atoms with E-state index in [1.54, 1.807) is 19.1 Å². The third-order valence-electron chi connectivity index (χ3n) is 5.59. The van der Waals surface area contributed by atoms with Crippen LogP contribution in [0.4, 0.5) is 0 Å². The van der Waals surface area contributed by atoms with Crippen LogP contribution in [0.1, 0.15) is 24.5 Å². The van der Waals surface area contributed by atoms with Gasteiger partial charge in [0.05, 0.1) is 20.1 Å². The average Bonchev–Trinajstić information content (AvgIpc) is 3.16. The molecule has 1 atom stereocenters. The first-order chi connectivity index (χ1) is 14.5. The number of nitrogens with zero attached hydrogens (tertiary/aromatic N) is 2. The molecule has 160 valence electrons. The molecule has 0 aromatic heterocycles. The van der Waals surface area contributed by atoms with Gasteiger partial charge < -0.3 is 19.3 Å². The molecule has 6 heteroatoms. The quantitative estimate of drug-likeness (QED) is 0.637. The Morgan fingerprint density at radius 2 is 1.80 bits per heavy atom. The number of likely N-dealkylation sites (tertiary alicyclic amines) is 1. The Hall–Kier alpha value is -3.02. The van der Waals surface area contributed by atoms with Crippen LogP contribution < -0.4 is 9.47 Å². The van der Waals surface area contributed by atoms with E-state index in [-0.39, 0.29) is 24.2 Å². The molecule has 3 rings (SSSR count). The molecule has 2 amide bonds. The lowest BCUT2D eigenvalue weighted by Crippen LogP contribution is -2.37. The summed E-state index contributed by atoms with van der Waals surface area (Å²) in [7, 11) is 3.21. The molecule has 0 radical (unpaired) electrons. The summed E-state index contributed by atoms with van der Waals surface area (Å²) in [6.07, 6.45) is 0.991. The highest BCUT2D eigenvalue weighted by atomic mass is 16.5. The molecule has 1 heterocycles. The topological polar surface area (TPSA) is 59.1 Å². The normalized spacial score (nSPS) is 15.9. The highest BCUT2D eigenvalue weighted by molar-refractivity contribution is 5.89. The minimum atomic E-state index is -0.272. The largest absolute Gasteiger partial charge is 0.493 e. The van der Waals surface area contributed by atoms with Gasteiger partial charge in [-0.2, -0.15) is 0 Å². The molecule has 1 fully saturated rings. The monoisotopic (exact) mass is 410 g/mol. The van der Waals surface area contributed by atoms with Crippen LogP contribution in [0.2, 0.25) is 0 Å². The standard InChI is InChI=1S/C24H30N2O4/c1-4-25(16-19-8-6-5-7-9-19)24(28)20-15-23(27)26(17-20)13-12-18-10-11-21(29-2)22(14-18)30-3/h5-11,14,20H,4,12-13,15-17H2,1-3H3. The van der Waals surface area contributed by atoms with Gasteiger partial charge in [0.2, 0.25) is 11.8 Å². The third-order valence-corrected chi connectivity index (χ3v) is 5.59. The van der Waals surface area contributed by atoms with Crippen molar-refractivity contribution in [2.24, 2.45) is 5.92 Å². The lowest BCUT2D eigenvalue weighted by Gasteiger charge is -2.24. The fraction of sp³-hybridized carbons (Fsp3) is 0.417. The van der Waals surface area contributed by atoms with Crippen LogP contribution in [0.15, 0.2) is 48.5 Å². The minimum Gasteiger partial charge on any atom is -0.493 e. The molecule has 30 heavy (non-hydrogen) atoms. The second-order valence-electron chi connectivity index (χ2n) is 7.52. The summed E-state index contributed by atoms with van der Waals surface area (Å²) in [5, 5.41) is 0. The molecule has 0 bridgehead atoms. The lowest BCUT2D eigenvalue weighted by atomic mass is 10.1. The predicted molar refractivity (Wildman–Crippen MR) is 115 cm³/mol. The minimum absolute atomic E-state index is 0.0459. The van der Waals surface area contributed by atoms with Gasteiger partial charge in [0.15, 0.2) is 11.5 Å². The fourth-order valence-corrected chi connectivity index (χ4v) is 3.86. The van der Waals surface area contributed by atoms with Crippen LogP contribution in [-0.4, -0.2) is 55.5 Å². The summed E-state index contributed by atoms with van der Waals surface area (Å²) in [6, 6.07) is 15.7. The van der Waals surface area contributed by atoms with Crippen LogP contribution in [0, 0.1) is 5.92 Å². The van der Waals surface area contributed by atoms with Crippen LogP contribution in [0.25, 0.3) is 0 Å². The lowest BCUT2D eigenvalue weighted by molar-refractivity contribution is -0.136. The van der Waals surface area contributed by atoms with E-state index in [1.165, 1.54) is 0 Å². The smallest absolute Gasteiger partial charge is 0.228 e. The van der Waals surface area contributed by atoms with E-state index in [2.05, 4.69) is 0 Å². The molecule has 2 aromatic rings. The zero-order valence-electron chi connectivity index (χ0n) is 18.0. The molecule has 0 spiro atoms. The summed E-state index contributed by atoms with van der Waals surface area (Å²) >= 11 is 0. The van der Waals surface area contributed by atoms with Gasteiger partial charge in [-0.15, -0.1) is 0 Å². The third kappa shape index (κ3) is 5.12. The van der Waals surface area contributed by atoms with E-state index in [4.69, 9.17) is 9.47 Å². The number of hydrogen-bond donors (Lipinski definition) is 0. The van der Waals surface area contributed by atoms with Crippen molar-refractivity contribution in [3.05, 3.63) is 59.7 Å². The molecular formula is C24H30N2O4. The molecule has 1 unspecified atom stereocenters. The molecule has 1 saturated heterocycles. The number of amides is 2. The average molecular weight is 411 g/mol. The number of hydrogen-bond acceptors (Lipinski definition) is 4. The first kappa shape index (κ1) is 21.7. The van der Waals surface area contributed by atoms with Crippen molar-refractivity contribution in [3.8, 4) is 11.5 Å². The van der Waals surface area contributed by atoms with Gasteiger partial charge in [0.1, 0.15) is 0 Å². The highest BCUT2D eigenvalue weighted by Crippen LogP contribution is 2.28. The zero-order chi connectivity index (χ0) is 21.5. The zero-order valence-corrected chi connectivity index (χ0v) is 18.0. The predicted octanol–water partition coefficient (Wildman–Crippen LogP) is 3.14. The second kappa shape index (κ2) is 10.1. The molecule has 1 aliphatic rings. The Balaban J connectivity index is 1.58. The number of carbonyl (C=O) groups excluding carboxylic acids is 2. The first-order valence-corrected chi connectivity index (χ1v) is 10.4. The summed E-state index contributed by atoms with van der Waals surface area (Å²) in [5.41, 5.74) is 2.16. The maximum absolute atomic E-state index is 13.0. The molecule has 1 aliphatic heterocycles. The number of benzene rings is 2. The molecule has 2 aromatic carbocycles. The van der Waals surface area contributed by atoms with Crippen LogP contribution >= 0.6 is 0 Å². The summed E-state index contributed by atoms with van der Waals surface area (Å²) in [5.74, 6) is 1.19. The Morgan fingerprint density at radius 3 is 2.47 bits per heavy atom. The fourth-order valence-electron chi connectivity index (χ4n) is 3.86. The van der Waals surface area contributed by atoms with E-state index in [0.29, 0.717) is 44.1 Å². The number of carbonyl (C=O) groups is 2. The molecule has 6 nitrogen and oxygen atoms in total. The first-order valence-electron chi connectivity index (χ1n) is 10.4. The SMILES string of the molecule is CCN(Cc1ccccc1)C(=O)C1CC(=O)N(CCc2ccc(OC)c(OC)c2)C1. The van der Waals surface area contributed by atoms with Gasteiger partial charge in [-0.25, -0.2) is 0 Å². The van der Waals surface area contributed by atoms with Gasteiger partial charge in [-0.05, 0) is 36.6 Å². The summed E-state index contributed by atoms with van der Waals surface area (Å²) in [4.78, 5) is 29.2. The van der Waals surface area contributed by atoms with Gasteiger partial charge in [0, 0.05) is 32.6 Å². The summed E-state index contributed by atoms with van der Waals surface area (Å²) < 4.78 is 10.6. The van der Waals surface area contributed by atoms with Crippen molar-refractivity contribution >= 4 is 11.8 Å². The van der Waals surface area contributed by atoms with E-state index >= 15 is 0 Å². The van der Waals surface area contributed by atoms with Crippen molar-refractivity contribution in [1.29, 1.82) is 0 Å². The Kier molecular flexibility index (Phi) is 7.33. The van der Waals surface area contributed by atoms with Crippen molar-refractivity contribution in [2.75, 3.05) is 33.9 Å². The van der Waals surface area contributed by atoms with Crippen LogP contribution in [0.3, 0.4) is 0 Å². The maximum Gasteiger partial charge on any atom is 0.228 e. The van der Waals surface area contributed by atoms with E-state index in [1.807, 2.05) is 60.4 Å². The molecular weight excluding hydrogens is 380 g/mol. The van der Waals surface area contributed by atoms with Gasteiger partial charge in [-0.3, -0.25) is 9.59 Å². The van der Waals surface area contributed by atoms with E-state index < -0.39 is 0 Å². The van der Waals surface area contributed by atoms with Crippen molar-refractivity contribution < 1.29 is 19.1 Å². The number of ether oxygens (including phenoxy) is 2. The highest BCUT2D eigenvalue weighted by Gasteiger charge is 2.35. The number of methoxy groups -OCH3 is 2. The van der Waals surface area contributed by atoms with Crippen LogP contribution in [0.5, 0.6) is 11.5 Å². The van der Waals surface area contributed by atoms with Gasteiger partial charge in [-0.1, -0.05) is 36.4 Å². The van der Waals surface area contributed by atoms with Gasteiger partial charge in [0.25, 0.3) is 0 Å².